The second-order valence-electron chi connectivity index (χ2n) is 6.81. The van der Waals surface area contributed by atoms with Crippen LogP contribution in [0.4, 0.5) is 0 Å². The van der Waals surface area contributed by atoms with Crippen molar-refractivity contribution in [2.45, 2.75) is 40.5 Å². The number of carbonyl (C=O) groups excluding carboxylic acids is 1. The van der Waals surface area contributed by atoms with Gasteiger partial charge in [0.25, 0.3) is 0 Å². The first-order valence-corrected chi connectivity index (χ1v) is 8.09. The van der Waals surface area contributed by atoms with E-state index in [4.69, 9.17) is 0 Å². The maximum absolute atomic E-state index is 12.4. The number of carbonyl (C=O) groups is 1. The molecule has 0 radical (unpaired) electrons. The van der Waals surface area contributed by atoms with Gasteiger partial charge in [-0.25, -0.2) is 0 Å². The number of nitrogens with zero attached hydrogens (tertiary/aromatic N) is 1. The number of hydrogen-bond acceptors (Lipinski definition) is 1. The van der Waals surface area contributed by atoms with Crippen LogP contribution in [0.5, 0.6) is 0 Å². The molecule has 0 bridgehead atoms. The van der Waals surface area contributed by atoms with Crippen molar-refractivity contribution in [2.75, 3.05) is 0 Å². The maximum Gasteiger partial charge on any atom is 0.165 e. The Balaban J connectivity index is 2.26. The molecule has 3 rings (SSSR count). The number of benzene rings is 1. The summed E-state index contributed by atoms with van der Waals surface area (Å²) in [5, 5.41) is 0. The molecule has 1 heterocycles. The molecule has 2 nitrogen and oxygen atoms in total. The quantitative estimate of drug-likeness (QED) is 0.711. The molecule has 0 amide bonds. The number of halogens is 1. The number of aryl methyl sites for hydroxylation is 1. The molecule has 21 heavy (non-hydrogen) atoms. The first-order valence-electron chi connectivity index (χ1n) is 7.30. The van der Waals surface area contributed by atoms with Gasteiger partial charge in [0.15, 0.2) is 5.78 Å². The SMILES string of the molecule is Cc1c(Br)cccc1-n1c(C)cc2c1CC(C)(C)CC2=O. The van der Waals surface area contributed by atoms with Crippen molar-refractivity contribution in [3.8, 4) is 5.69 Å². The summed E-state index contributed by atoms with van der Waals surface area (Å²) >= 11 is 3.61. The zero-order chi connectivity index (χ0) is 15.4. The fraction of sp³-hybridized carbons (Fsp3) is 0.389. The molecule has 1 aliphatic carbocycles. The number of rotatable bonds is 1. The molecule has 0 saturated carbocycles. The molecule has 1 aliphatic rings. The first kappa shape index (κ1) is 14.6. The highest BCUT2D eigenvalue weighted by Crippen LogP contribution is 2.38. The van der Waals surface area contributed by atoms with E-state index in [0.29, 0.717) is 6.42 Å². The molecular formula is C18H20BrNO. The third-order valence-corrected chi connectivity index (χ3v) is 5.21. The predicted molar refractivity (Wildman–Crippen MR) is 89.4 cm³/mol. The fourth-order valence-corrected chi connectivity index (χ4v) is 3.68. The topological polar surface area (TPSA) is 22.0 Å². The Kier molecular flexibility index (Phi) is 3.36. The smallest absolute Gasteiger partial charge is 0.165 e. The van der Waals surface area contributed by atoms with Crippen LogP contribution in [0.2, 0.25) is 0 Å². The van der Waals surface area contributed by atoms with Crippen LogP contribution in [0.1, 0.15) is 47.6 Å². The molecule has 0 aliphatic heterocycles. The molecule has 3 heteroatoms. The number of fused-ring (bicyclic) bond motifs is 1. The van der Waals surface area contributed by atoms with Gasteiger partial charge in [-0.15, -0.1) is 0 Å². The zero-order valence-corrected chi connectivity index (χ0v) is 14.5. The van der Waals surface area contributed by atoms with Crippen molar-refractivity contribution < 1.29 is 4.79 Å². The summed E-state index contributed by atoms with van der Waals surface area (Å²) in [6.45, 7) is 8.54. The van der Waals surface area contributed by atoms with Gasteiger partial charge in [0.2, 0.25) is 0 Å². The molecule has 0 fully saturated rings. The third kappa shape index (κ3) is 2.38. The highest BCUT2D eigenvalue weighted by Gasteiger charge is 2.34. The summed E-state index contributed by atoms with van der Waals surface area (Å²) in [5.41, 5.74) is 5.60. The van der Waals surface area contributed by atoms with Gasteiger partial charge in [0.05, 0.1) is 0 Å². The zero-order valence-electron chi connectivity index (χ0n) is 13.0. The Morgan fingerprint density at radius 2 is 1.90 bits per heavy atom. The van der Waals surface area contributed by atoms with E-state index in [2.05, 4.69) is 60.3 Å². The highest BCUT2D eigenvalue weighted by atomic mass is 79.9. The van der Waals surface area contributed by atoms with Gasteiger partial charge in [0, 0.05) is 33.5 Å². The van der Waals surface area contributed by atoms with Crippen LogP contribution in [-0.2, 0) is 6.42 Å². The van der Waals surface area contributed by atoms with Crippen molar-refractivity contribution in [2.24, 2.45) is 5.41 Å². The van der Waals surface area contributed by atoms with Gasteiger partial charge >= 0.3 is 0 Å². The van der Waals surface area contributed by atoms with E-state index in [1.54, 1.807) is 0 Å². The molecule has 1 aromatic carbocycles. The van der Waals surface area contributed by atoms with Crippen LogP contribution in [0.3, 0.4) is 0 Å². The van der Waals surface area contributed by atoms with Crippen LogP contribution >= 0.6 is 15.9 Å². The van der Waals surface area contributed by atoms with E-state index in [0.717, 1.165) is 33.5 Å². The van der Waals surface area contributed by atoms with Gasteiger partial charge < -0.3 is 4.57 Å². The van der Waals surface area contributed by atoms with E-state index in [-0.39, 0.29) is 11.2 Å². The summed E-state index contributed by atoms with van der Waals surface area (Å²) in [5.74, 6) is 0.274. The fourth-order valence-electron chi connectivity index (χ4n) is 3.33. The number of ketones is 1. The minimum atomic E-state index is 0.0343. The minimum Gasteiger partial charge on any atom is -0.317 e. The number of aromatic nitrogens is 1. The van der Waals surface area contributed by atoms with Crippen molar-refractivity contribution in [1.29, 1.82) is 0 Å². The molecular weight excluding hydrogens is 326 g/mol. The molecule has 0 unspecified atom stereocenters. The Morgan fingerprint density at radius 3 is 2.62 bits per heavy atom. The normalized spacial score (nSPS) is 16.9. The largest absolute Gasteiger partial charge is 0.317 e. The highest BCUT2D eigenvalue weighted by molar-refractivity contribution is 9.10. The molecule has 2 aromatic rings. The molecule has 0 spiro atoms. The van der Waals surface area contributed by atoms with Crippen molar-refractivity contribution in [1.82, 2.24) is 4.57 Å². The standard InChI is InChI=1S/C18H20BrNO/c1-11-8-13-16(9-18(3,4)10-17(13)21)20(11)15-7-5-6-14(19)12(15)2/h5-8H,9-10H2,1-4H3. The Labute approximate surface area is 134 Å². The van der Waals surface area contributed by atoms with E-state index >= 15 is 0 Å². The predicted octanol–water partition coefficient (Wildman–Crippen LogP) is 5.01. The Bertz CT molecular complexity index is 740. The minimum absolute atomic E-state index is 0.0343. The van der Waals surface area contributed by atoms with Gasteiger partial charge in [-0.05, 0) is 49.4 Å². The average molecular weight is 346 g/mol. The summed E-state index contributed by atoms with van der Waals surface area (Å²) in [6.07, 6.45) is 1.58. The van der Waals surface area contributed by atoms with Crippen LogP contribution in [0.15, 0.2) is 28.7 Å². The Hall–Kier alpha value is -1.35. The molecule has 0 saturated heterocycles. The van der Waals surface area contributed by atoms with E-state index < -0.39 is 0 Å². The van der Waals surface area contributed by atoms with Crippen molar-refractivity contribution in [3.63, 3.8) is 0 Å². The lowest BCUT2D eigenvalue weighted by molar-refractivity contribution is 0.0911. The van der Waals surface area contributed by atoms with Crippen LogP contribution in [-0.4, -0.2) is 10.4 Å². The van der Waals surface area contributed by atoms with Crippen LogP contribution in [0.25, 0.3) is 5.69 Å². The molecule has 0 atom stereocenters. The van der Waals surface area contributed by atoms with E-state index in [9.17, 15) is 4.79 Å². The monoisotopic (exact) mass is 345 g/mol. The lowest BCUT2D eigenvalue weighted by atomic mass is 9.76. The summed E-state index contributed by atoms with van der Waals surface area (Å²) in [7, 11) is 0. The average Bonchev–Trinajstić information content (AvgIpc) is 2.69. The van der Waals surface area contributed by atoms with Crippen molar-refractivity contribution in [3.05, 3.63) is 51.3 Å². The van der Waals surface area contributed by atoms with E-state index in [1.165, 1.54) is 5.56 Å². The lowest BCUT2D eigenvalue weighted by Gasteiger charge is -2.30. The van der Waals surface area contributed by atoms with Gasteiger partial charge in [-0.2, -0.15) is 0 Å². The van der Waals surface area contributed by atoms with E-state index in [1.807, 2.05) is 12.1 Å². The van der Waals surface area contributed by atoms with Crippen LogP contribution < -0.4 is 0 Å². The number of Topliss-reactive ketones (excluding diaryl/α,β-unsaturated/α-hetero) is 1. The van der Waals surface area contributed by atoms with Gasteiger partial charge in [-0.3, -0.25) is 4.79 Å². The second kappa shape index (κ2) is 4.84. The van der Waals surface area contributed by atoms with Crippen molar-refractivity contribution >= 4 is 21.7 Å². The number of hydrogen-bond donors (Lipinski definition) is 0. The first-order chi connectivity index (χ1) is 9.80. The van der Waals surface area contributed by atoms with Gasteiger partial charge in [0.1, 0.15) is 0 Å². The molecule has 0 N–H and O–H groups in total. The summed E-state index contributed by atoms with van der Waals surface area (Å²) in [4.78, 5) is 12.4. The molecule has 1 aromatic heterocycles. The Morgan fingerprint density at radius 1 is 1.19 bits per heavy atom. The summed E-state index contributed by atoms with van der Waals surface area (Å²) < 4.78 is 3.36. The lowest BCUT2D eigenvalue weighted by Crippen LogP contribution is -2.28. The molecule has 110 valence electrons. The van der Waals surface area contributed by atoms with Gasteiger partial charge in [-0.1, -0.05) is 35.8 Å². The maximum atomic E-state index is 12.4. The summed E-state index contributed by atoms with van der Waals surface area (Å²) in [6, 6.07) is 8.28. The van der Waals surface area contributed by atoms with Crippen LogP contribution in [0, 0.1) is 19.3 Å². The third-order valence-electron chi connectivity index (χ3n) is 4.35. The second-order valence-corrected chi connectivity index (χ2v) is 7.66.